The van der Waals surface area contributed by atoms with Gasteiger partial charge in [0.15, 0.2) is 0 Å². The van der Waals surface area contributed by atoms with Gasteiger partial charge in [-0.1, -0.05) is 54.6 Å². The lowest BCUT2D eigenvalue weighted by atomic mass is 10.00. The molecule has 1 aromatic carbocycles. The van der Waals surface area contributed by atoms with Crippen LogP contribution in [0.15, 0.2) is 54.6 Å². The van der Waals surface area contributed by atoms with Crippen molar-refractivity contribution in [3.8, 4) is 0 Å². The second-order valence-electron chi connectivity index (χ2n) is 5.40. The molecule has 0 saturated heterocycles. The van der Waals surface area contributed by atoms with Crippen molar-refractivity contribution in [1.82, 2.24) is 0 Å². The zero-order valence-electron chi connectivity index (χ0n) is 13.5. The SMILES string of the molecule is CCOC(=O)CCC(=O)Cc1ccc(C2=CCC=CC=C2)cc1. The maximum absolute atomic E-state index is 11.9. The monoisotopic (exact) mass is 310 g/mol. The Morgan fingerprint density at radius 1 is 1.09 bits per heavy atom. The summed E-state index contributed by atoms with van der Waals surface area (Å²) in [6.45, 7) is 2.12. The van der Waals surface area contributed by atoms with E-state index in [1.165, 1.54) is 5.57 Å². The van der Waals surface area contributed by atoms with E-state index in [1.807, 2.05) is 36.4 Å². The van der Waals surface area contributed by atoms with E-state index in [9.17, 15) is 9.59 Å². The molecule has 0 radical (unpaired) electrons. The zero-order valence-corrected chi connectivity index (χ0v) is 13.5. The number of hydrogen-bond donors (Lipinski definition) is 0. The van der Waals surface area contributed by atoms with E-state index in [0.717, 1.165) is 17.5 Å². The minimum atomic E-state index is -0.308. The molecular formula is C20H22O3. The molecule has 1 aromatic rings. The second-order valence-corrected chi connectivity index (χ2v) is 5.40. The highest BCUT2D eigenvalue weighted by atomic mass is 16.5. The smallest absolute Gasteiger partial charge is 0.306 e. The molecule has 0 atom stereocenters. The van der Waals surface area contributed by atoms with Crippen LogP contribution in [0.1, 0.15) is 37.3 Å². The number of allylic oxidation sites excluding steroid dienone is 6. The highest BCUT2D eigenvalue weighted by Crippen LogP contribution is 2.19. The molecule has 3 heteroatoms. The summed E-state index contributed by atoms with van der Waals surface area (Å²) in [5.74, 6) is -0.250. The van der Waals surface area contributed by atoms with Gasteiger partial charge in [-0.25, -0.2) is 0 Å². The number of carbonyl (C=O) groups excluding carboxylic acids is 2. The summed E-state index contributed by atoms with van der Waals surface area (Å²) in [5, 5.41) is 0. The van der Waals surface area contributed by atoms with Gasteiger partial charge in [-0.3, -0.25) is 9.59 Å². The summed E-state index contributed by atoms with van der Waals surface area (Å²) >= 11 is 0. The zero-order chi connectivity index (χ0) is 16.5. The van der Waals surface area contributed by atoms with Crippen LogP contribution >= 0.6 is 0 Å². The van der Waals surface area contributed by atoms with Gasteiger partial charge in [-0.2, -0.15) is 0 Å². The highest BCUT2D eigenvalue weighted by Gasteiger charge is 2.09. The van der Waals surface area contributed by atoms with Crippen LogP contribution in [0.4, 0.5) is 0 Å². The molecule has 2 rings (SSSR count). The van der Waals surface area contributed by atoms with E-state index in [2.05, 4.69) is 18.2 Å². The molecule has 0 spiro atoms. The number of ketones is 1. The van der Waals surface area contributed by atoms with Gasteiger partial charge >= 0.3 is 5.97 Å². The Labute approximate surface area is 137 Å². The molecule has 0 bridgehead atoms. The van der Waals surface area contributed by atoms with Crippen LogP contribution in [0.2, 0.25) is 0 Å². The predicted octanol–water partition coefficient (Wildman–Crippen LogP) is 4.04. The van der Waals surface area contributed by atoms with Gasteiger partial charge in [0.1, 0.15) is 5.78 Å². The molecular weight excluding hydrogens is 288 g/mol. The number of ether oxygens (including phenoxy) is 1. The Hall–Kier alpha value is -2.42. The Kier molecular flexibility index (Phi) is 6.55. The normalized spacial score (nSPS) is 13.3. The fraction of sp³-hybridized carbons (Fsp3) is 0.300. The van der Waals surface area contributed by atoms with E-state index in [0.29, 0.717) is 13.0 Å². The third-order valence-corrected chi connectivity index (χ3v) is 3.60. The van der Waals surface area contributed by atoms with Crippen LogP contribution in [0, 0.1) is 0 Å². The molecule has 0 amide bonds. The van der Waals surface area contributed by atoms with Crippen molar-refractivity contribution in [1.29, 1.82) is 0 Å². The van der Waals surface area contributed by atoms with E-state index >= 15 is 0 Å². The predicted molar refractivity (Wildman–Crippen MR) is 91.9 cm³/mol. The Morgan fingerprint density at radius 3 is 2.61 bits per heavy atom. The van der Waals surface area contributed by atoms with Gasteiger partial charge in [-0.05, 0) is 30.0 Å². The lowest BCUT2D eigenvalue weighted by Crippen LogP contribution is -2.09. The van der Waals surface area contributed by atoms with Crippen molar-refractivity contribution in [2.45, 2.75) is 32.6 Å². The van der Waals surface area contributed by atoms with Gasteiger partial charge in [0.05, 0.1) is 13.0 Å². The van der Waals surface area contributed by atoms with E-state index in [1.54, 1.807) is 6.92 Å². The first-order valence-electron chi connectivity index (χ1n) is 7.99. The Morgan fingerprint density at radius 2 is 1.87 bits per heavy atom. The topological polar surface area (TPSA) is 43.4 Å². The molecule has 0 saturated carbocycles. The molecule has 0 aliphatic heterocycles. The summed E-state index contributed by atoms with van der Waals surface area (Å²) in [6, 6.07) is 8.03. The summed E-state index contributed by atoms with van der Waals surface area (Å²) in [5.41, 5.74) is 3.31. The molecule has 1 aliphatic rings. The van der Waals surface area contributed by atoms with E-state index in [4.69, 9.17) is 4.74 Å². The maximum Gasteiger partial charge on any atom is 0.306 e. The standard InChI is InChI=1S/C20H22O3/c1-2-23-20(22)14-13-19(21)15-16-9-11-18(12-10-16)17-7-5-3-4-6-8-17/h3-5,7-12H,2,6,13-15H2,1H3. The molecule has 1 aliphatic carbocycles. The quantitative estimate of drug-likeness (QED) is 0.714. The lowest BCUT2D eigenvalue weighted by Gasteiger charge is -2.05. The average Bonchev–Trinajstić information content (AvgIpc) is 2.83. The fourth-order valence-corrected chi connectivity index (χ4v) is 2.40. The minimum absolute atomic E-state index is 0.0589. The third-order valence-electron chi connectivity index (χ3n) is 3.60. The minimum Gasteiger partial charge on any atom is -0.466 e. The van der Waals surface area contributed by atoms with Gasteiger partial charge in [0, 0.05) is 12.8 Å². The molecule has 0 heterocycles. The summed E-state index contributed by atoms with van der Waals surface area (Å²) in [4.78, 5) is 23.2. The molecule has 0 N–H and O–H groups in total. The van der Waals surface area contributed by atoms with Crippen molar-refractivity contribution < 1.29 is 14.3 Å². The van der Waals surface area contributed by atoms with Gasteiger partial charge < -0.3 is 4.74 Å². The molecule has 0 unspecified atom stereocenters. The largest absolute Gasteiger partial charge is 0.466 e. The number of benzene rings is 1. The molecule has 0 aromatic heterocycles. The van der Waals surface area contributed by atoms with Gasteiger partial charge in [0.25, 0.3) is 0 Å². The Balaban J connectivity index is 1.88. The molecule has 3 nitrogen and oxygen atoms in total. The van der Waals surface area contributed by atoms with Crippen LogP contribution in [-0.2, 0) is 20.7 Å². The first-order chi connectivity index (χ1) is 11.2. The van der Waals surface area contributed by atoms with Crippen molar-refractivity contribution in [2.75, 3.05) is 6.61 Å². The number of hydrogen-bond acceptors (Lipinski definition) is 3. The number of carbonyl (C=O) groups is 2. The lowest BCUT2D eigenvalue weighted by molar-refractivity contribution is -0.144. The summed E-state index contributed by atoms with van der Waals surface area (Å²) in [7, 11) is 0. The number of rotatable bonds is 7. The van der Waals surface area contributed by atoms with E-state index < -0.39 is 0 Å². The fourth-order valence-electron chi connectivity index (χ4n) is 2.40. The number of esters is 1. The molecule has 23 heavy (non-hydrogen) atoms. The van der Waals surface area contributed by atoms with Crippen LogP contribution in [-0.4, -0.2) is 18.4 Å². The Bertz CT molecular complexity index is 633. The van der Waals surface area contributed by atoms with Crippen molar-refractivity contribution in [3.05, 3.63) is 65.8 Å². The first-order valence-corrected chi connectivity index (χ1v) is 7.99. The third kappa shape index (κ3) is 5.70. The average molecular weight is 310 g/mol. The second kappa shape index (κ2) is 8.89. The number of Topliss-reactive ketones (excluding diaryl/α,β-unsaturated/α-hetero) is 1. The molecule has 120 valence electrons. The summed E-state index contributed by atoms with van der Waals surface area (Å²) in [6.07, 6.45) is 12.1. The van der Waals surface area contributed by atoms with Crippen LogP contribution in [0.5, 0.6) is 0 Å². The maximum atomic E-state index is 11.9. The summed E-state index contributed by atoms with van der Waals surface area (Å²) < 4.78 is 4.83. The van der Waals surface area contributed by atoms with Gasteiger partial charge in [0.2, 0.25) is 0 Å². The highest BCUT2D eigenvalue weighted by molar-refractivity contribution is 5.84. The van der Waals surface area contributed by atoms with E-state index in [-0.39, 0.29) is 24.6 Å². The molecule has 0 fully saturated rings. The van der Waals surface area contributed by atoms with Crippen molar-refractivity contribution in [3.63, 3.8) is 0 Å². The van der Waals surface area contributed by atoms with Crippen molar-refractivity contribution in [2.24, 2.45) is 0 Å². The van der Waals surface area contributed by atoms with Crippen LogP contribution in [0.25, 0.3) is 5.57 Å². The van der Waals surface area contributed by atoms with Crippen LogP contribution < -0.4 is 0 Å². The first kappa shape index (κ1) is 16.9. The van der Waals surface area contributed by atoms with Crippen molar-refractivity contribution >= 4 is 17.3 Å². The van der Waals surface area contributed by atoms with Crippen LogP contribution in [0.3, 0.4) is 0 Å². The van der Waals surface area contributed by atoms with Gasteiger partial charge in [-0.15, -0.1) is 0 Å².